The quantitative estimate of drug-likeness (QED) is 0.808. The molecule has 21 heavy (non-hydrogen) atoms. The Kier molecular flexibility index (Phi) is 4.93. The zero-order chi connectivity index (χ0) is 15.4. The average molecular weight is 291 g/mol. The third kappa shape index (κ3) is 3.40. The van der Waals surface area contributed by atoms with Crippen molar-refractivity contribution in [2.75, 3.05) is 20.2 Å². The molecule has 6 heteroatoms. The van der Waals surface area contributed by atoms with Gasteiger partial charge in [-0.15, -0.1) is 0 Å². The zero-order valence-electron chi connectivity index (χ0n) is 12.4. The molecule has 1 aromatic heterocycles. The first-order valence-electron chi connectivity index (χ1n) is 7.02. The first kappa shape index (κ1) is 15.5. The summed E-state index contributed by atoms with van der Waals surface area (Å²) in [4.78, 5) is 17.5. The molecule has 0 saturated heterocycles. The van der Waals surface area contributed by atoms with Gasteiger partial charge in [-0.05, 0) is 26.1 Å². The predicted octanol–water partition coefficient (Wildman–Crippen LogP) is 1.50. The van der Waals surface area contributed by atoms with Gasteiger partial charge in [0, 0.05) is 13.1 Å². The molecule has 1 unspecified atom stereocenters. The Bertz CT molecular complexity index is 624. The fourth-order valence-corrected chi connectivity index (χ4v) is 2.40. The number of hydrogen-bond acceptors (Lipinski definition) is 4. The van der Waals surface area contributed by atoms with Gasteiger partial charge < -0.3 is 14.8 Å². The van der Waals surface area contributed by atoms with Crippen LogP contribution in [0.25, 0.3) is 11.0 Å². The molecule has 0 aliphatic rings. The second-order valence-corrected chi connectivity index (χ2v) is 5.13. The Morgan fingerprint density at radius 1 is 1.43 bits per heavy atom. The summed E-state index contributed by atoms with van der Waals surface area (Å²) in [6.07, 6.45) is 0.0593. The molecular weight excluding hydrogens is 270 g/mol. The Balaban J connectivity index is 2.40. The molecule has 1 aromatic carbocycles. The van der Waals surface area contributed by atoms with Crippen LogP contribution >= 0.6 is 0 Å². The number of likely N-dealkylation sites (N-methyl/N-ethyl adjacent to an activating group) is 1. The largest absolute Gasteiger partial charge is 0.481 e. The highest BCUT2D eigenvalue weighted by molar-refractivity contribution is 5.76. The summed E-state index contributed by atoms with van der Waals surface area (Å²) in [7, 11) is 1.92. The van der Waals surface area contributed by atoms with E-state index in [-0.39, 0.29) is 19.1 Å². The summed E-state index contributed by atoms with van der Waals surface area (Å²) in [6.45, 7) is 3.02. The number of aryl methyl sites for hydroxylation is 1. The molecule has 1 heterocycles. The number of aliphatic hydroxyl groups is 1. The number of carbonyl (C=O) groups is 1. The zero-order valence-corrected chi connectivity index (χ0v) is 12.4. The average Bonchev–Trinajstić information content (AvgIpc) is 2.83. The monoisotopic (exact) mass is 291 g/mol. The second kappa shape index (κ2) is 6.69. The molecule has 0 radical (unpaired) electrons. The van der Waals surface area contributed by atoms with Crippen molar-refractivity contribution in [3.05, 3.63) is 30.1 Å². The van der Waals surface area contributed by atoms with Crippen molar-refractivity contribution < 1.29 is 15.0 Å². The molecule has 1 atom stereocenters. The minimum absolute atomic E-state index is 0.00153. The third-order valence-electron chi connectivity index (χ3n) is 3.72. The lowest BCUT2D eigenvalue weighted by atomic mass is 10.2. The SMILES string of the molecule is CC(c1nc2ccccc2n1CCC(=O)O)N(C)CCO. The van der Waals surface area contributed by atoms with Crippen LogP contribution in [-0.4, -0.2) is 50.8 Å². The van der Waals surface area contributed by atoms with E-state index in [1.165, 1.54) is 0 Å². The van der Waals surface area contributed by atoms with Gasteiger partial charge in [0.25, 0.3) is 0 Å². The lowest BCUT2D eigenvalue weighted by Gasteiger charge is -2.24. The Morgan fingerprint density at radius 2 is 2.14 bits per heavy atom. The van der Waals surface area contributed by atoms with Gasteiger partial charge in [-0.25, -0.2) is 4.98 Å². The van der Waals surface area contributed by atoms with E-state index in [0.717, 1.165) is 16.9 Å². The van der Waals surface area contributed by atoms with Crippen LogP contribution in [0.2, 0.25) is 0 Å². The van der Waals surface area contributed by atoms with Crippen molar-refractivity contribution in [3.63, 3.8) is 0 Å². The van der Waals surface area contributed by atoms with Gasteiger partial charge in [0.1, 0.15) is 5.82 Å². The smallest absolute Gasteiger partial charge is 0.305 e. The lowest BCUT2D eigenvalue weighted by Crippen LogP contribution is -2.28. The van der Waals surface area contributed by atoms with E-state index >= 15 is 0 Å². The van der Waals surface area contributed by atoms with Gasteiger partial charge in [0.2, 0.25) is 0 Å². The Morgan fingerprint density at radius 3 is 2.81 bits per heavy atom. The normalized spacial score (nSPS) is 13.0. The maximum Gasteiger partial charge on any atom is 0.305 e. The van der Waals surface area contributed by atoms with E-state index in [9.17, 15) is 4.79 Å². The fraction of sp³-hybridized carbons (Fsp3) is 0.467. The molecule has 0 saturated carbocycles. The molecule has 0 aliphatic carbocycles. The number of aliphatic hydroxyl groups excluding tert-OH is 1. The van der Waals surface area contributed by atoms with Crippen molar-refractivity contribution in [3.8, 4) is 0 Å². The van der Waals surface area contributed by atoms with Gasteiger partial charge in [-0.1, -0.05) is 12.1 Å². The number of nitrogens with zero attached hydrogens (tertiary/aromatic N) is 3. The maximum atomic E-state index is 10.9. The summed E-state index contributed by atoms with van der Waals surface area (Å²) >= 11 is 0. The van der Waals surface area contributed by atoms with Gasteiger partial charge in [0.05, 0.1) is 30.1 Å². The third-order valence-corrected chi connectivity index (χ3v) is 3.72. The highest BCUT2D eigenvalue weighted by atomic mass is 16.4. The first-order chi connectivity index (χ1) is 10.0. The number of fused-ring (bicyclic) bond motifs is 1. The van der Waals surface area contributed by atoms with E-state index in [2.05, 4.69) is 4.98 Å². The van der Waals surface area contributed by atoms with Crippen molar-refractivity contribution in [2.24, 2.45) is 0 Å². The molecular formula is C15H21N3O3. The van der Waals surface area contributed by atoms with Crippen LogP contribution in [0.5, 0.6) is 0 Å². The van der Waals surface area contributed by atoms with Gasteiger partial charge in [-0.3, -0.25) is 9.69 Å². The molecule has 0 spiro atoms. The molecule has 0 aliphatic heterocycles. The Hall–Kier alpha value is -1.92. The number of rotatable bonds is 7. The van der Waals surface area contributed by atoms with E-state index in [4.69, 9.17) is 10.2 Å². The molecule has 0 amide bonds. The standard InChI is InChI=1S/C15H21N3O3/c1-11(17(2)9-10-19)15-16-12-5-3-4-6-13(12)18(15)8-7-14(20)21/h3-6,11,19H,7-10H2,1-2H3,(H,20,21). The summed E-state index contributed by atoms with van der Waals surface area (Å²) in [6, 6.07) is 7.72. The summed E-state index contributed by atoms with van der Waals surface area (Å²) in [5.74, 6) is 0.00324. The molecule has 2 aromatic rings. The van der Waals surface area contributed by atoms with Gasteiger partial charge in [-0.2, -0.15) is 0 Å². The van der Waals surface area contributed by atoms with Gasteiger partial charge >= 0.3 is 5.97 Å². The van der Waals surface area contributed by atoms with Crippen molar-refractivity contribution in [2.45, 2.75) is 25.9 Å². The summed E-state index contributed by atoms with van der Waals surface area (Å²) in [5, 5.41) is 18.0. The van der Waals surface area contributed by atoms with Crippen LogP contribution in [0.1, 0.15) is 25.2 Å². The molecule has 114 valence electrons. The minimum Gasteiger partial charge on any atom is -0.481 e. The van der Waals surface area contributed by atoms with Gasteiger partial charge in [0.15, 0.2) is 0 Å². The number of carboxylic acid groups (broad SMARTS) is 1. The van der Waals surface area contributed by atoms with E-state index in [1.54, 1.807) is 0 Å². The molecule has 6 nitrogen and oxygen atoms in total. The topological polar surface area (TPSA) is 78.6 Å². The summed E-state index contributed by atoms with van der Waals surface area (Å²) < 4.78 is 1.96. The number of aliphatic carboxylic acids is 1. The molecule has 0 bridgehead atoms. The predicted molar refractivity (Wildman–Crippen MR) is 80.1 cm³/mol. The minimum atomic E-state index is -0.824. The highest BCUT2D eigenvalue weighted by Crippen LogP contribution is 2.24. The summed E-state index contributed by atoms with van der Waals surface area (Å²) in [5.41, 5.74) is 1.81. The van der Waals surface area contributed by atoms with Crippen LogP contribution in [-0.2, 0) is 11.3 Å². The number of aromatic nitrogens is 2. The maximum absolute atomic E-state index is 10.9. The second-order valence-electron chi connectivity index (χ2n) is 5.13. The van der Waals surface area contributed by atoms with Crippen LogP contribution in [0, 0.1) is 0 Å². The molecule has 2 N–H and O–H groups in total. The van der Waals surface area contributed by atoms with Crippen molar-refractivity contribution >= 4 is 17.0 Å². The van der Waals surface area contributed by atoms with Crippen LogP contribution in [0.3, 0.4) is 0 Å². The number of imidazole rings is 1. The van der Waals surface area contributed by atoms with E-state index in [0.29, 0.717) is 13.1 Å². The van der Waals surface area contributed by atoms with E-state index < -0.39 is 5.97 Å². The molecule has 0 fully saturated rings. The molecule has 2 rings (SSSR count). The first-order valence-corrected chi connectivity index (χ1v) is 7.02. The van der Waals surface area contributed by atoms with Crippen molar-refractivity contribution in [1.29, 1.82) is 0 Å². The fourth-order valence-electron chi connectivity index (χ4n) is 2.40. The van der Waals surface area contributed by atoms with Crippen LogP contribution in [0.4, 0.5) is 0 Å². The number of hydrogen-bond donors (Lipinski definition) is 2. The number of benzene rings is 1. The number of carboxylic acids is 1. The highest BCUT2D eigenvalue weighted by Gasteiger charge is 2.20. The van der Waals surface area contributed by atoms with Crippen molar-refractivity contribution in [1.82, 2.24) is 14.5 Å². The Labute approximate surface area is 123 Å². The van der Waals surface area contributed by atoms with Crippen LogP contribution < -0.4 is 0 Å². The van der Waals surface area contributed by atoms with E-state index in [1.807, 2.05) is 47.7 Å². The lowest BCUT2D eigenvalue weighted by molar-refractivity contribution is -0.137. The number of para-hydroxylation sites is 2. The van der Waals surface area contributed by atoms with Crippen LogP contribution in [0.15, 0.2) is 24.3 Å².